The first-order chi connectivity index (χ1) is 13.7. The number of anilines is 2. The molecule has 0 bridgehead atoms. The van der Waals surface area contributed by atoms with Gasteiger partial charge in [-0.25, -0.2) is 0 Å². The molecule has 2 heterocycles. The predicted octanol–water partition coefficient (Wildman–Crippen LogP) is 4.11. The number of aromatic nitrogens is 3. The highest BCUT2D eigenvalue weighted by atomic mass is 16.2. The Balaban J connectivity index is 1.48. The van der Waals surface area contributed by atoms with E-state index in [1.165, 1.54) is 12.8 Å². The lowest BCUT2D eigenvalue weighted by atomic mass is 10.1. The highest BCUT2D eigenvalue weighted by molar-refractivity contribution is 5.96. The molecule has 0 radical (unpaired) electrons. The van der Waals surface area contributed by atoms with Crippen molar-refractivity contribution in [3.8, 4) is 11.4 Å². The number of carbonyl (C=O) groups excluding carboxylic acids is 1. The van der Waals surface area contributed by atoms with Gasteiger partial charge in [-0.2, -0.15) is 0 Å². The van der Waals surface area contributed by atoms with E-state index < -0.39 is 0 Å². The van der Waals surface area contributed by atoms with Crippen molar-refractivity contribution >= 4 is 17.3 Å². The Morgan fingerprint density at radius 2 is 1.82 bits per heavy atom. The summed E-state index contributed by atoms with van der Waals surface area (Å²) in [6.45, 7) is 2.82. The normalized spacial score (nSPS) is 14.6. The van der Waals surface area contributed by atoms with Gasteiger partial charge in [0.25, 0.3) is 0 Å². The molecule has 1 aliphatic heterocycles. The Labute approximate surface area is 165 Å². The van der Waals surface area contributed by atoms with Crippen LogP contribution in [0.1, 0.15) is 32.0 Å². The maximum Gasteiger partial charge on any atom is 0.246 e. The second kappa shape index (κ2) is 8.25. The van der Waals surface area contributed by atoms with Crippen LogP contribution >= 0.6 is 0 Å². The summed E-state index contributed by atoms with van der Waals surface area (Å²) in [7, 11) is 0. The van der Waals surface area contributed by atoms with E-state index in [1.807, 2.05) is 61.5 Å². The Hall–Kier alpha value is -3.15. The summed E-state index contributed by atoms with van der Waals surface area (Å²) in [4.78, 5) is 12.5. The number of rotatable bonds is 5. The monoisotopic (exact) mass is 375 g/mol. The Kier molecular flexibility index (Phi) is 5.37. The quantitative estimate of drug-likeness (QED) is 0.704. The molecule has 0 saturated carbocycles. The summed E-state index contributed by atoms with van der Waals surface area (Å²) in [6.07, 6.45) is 4.56. The minimum absolute atomic E-state index is 0.0760. The van der Waals surface area contributed by atoms with Gasteiger partial charge in [0.15, 0.2) is 5.82 Å². The van der Waals surface area contributed by atoms with Crippen molar-refractivity contribution in [2.24, 2.45) is 0 Å². The van der Waals surface area contributed by atoms with Gasteiger partial charge < -0.3 is 15.2 Å². The minimum Gasteiger partial charge on any atom is -0.374 e. The highest BCUT2D eigenvalue weighted by Gasteiger charge is 2.17. The van der Waals surface area contributed by atoms with Gasteiger partial charge in [-0.1, -0.05) is 36.8 Å². The highest BCUT2D eigenvalue weighted by Crippen LogP contribution is 2.25. The molecule has 1 aromatic heterocycles. The van der Waals surface area contributed by atoms with Crippen molar-refractivity contribution in [1.82, 2.24) is 14.8 Å². The zero-order valence-electron chi connectivity index (χ0n) is 16.1. The van der Waals surface area contributed by atoms with Gasteiger partial charge in [-0.15, -0.1) is 10.2 Å². The van der Waals surface area contributed by atoms with Crippen LogP contribution < -0.4 is 10.6 Å². The number of hydrogen-bond donors (Lipinski definition) is 2. The summed E-state index contributed by atoms with van der Waals surface area (Å²) in [5.74, 6) is 1.90. The maximum atomic E-state index is 12.5. The first-order valence-corrected chi connectivity index (χ1v) is 9.86. The number of fused-ring (bicyclic) bond motifs is 1. The summed E-state index contributed by atoms with van der Waals surface area (Å²) >= 11 is 0. The first-order valence-electron chi connectivity index (χ1n) is 9.86. The molecule has 6 nitrogen and oxygen atoms in total. The molecule has 28 heavy (non-hydrogen) atoms. The molecule has 1 aliphatic rings. The molecule has 144 valence electrons. The average molecular weight is 375 g/mol. The number of para-hydroxylation sites is 1. The topological polar surface area (TPSA) is 71.8 Å². The summed E-state index contributed by atoms with van der Waals surface area (Å²) in [5.41, 5.74) is 2.70. The lowest BCUT2D eigenvalue weighted by Crippen LogP contribution is -2.31. The largest absolute Gasteiger partial charge is 0.374 e. The van der Waals surface area contributed by atoms with E-state index in [-0.39, 0.29) is 11.9 Å². The fourth-order valence-electron chi connectivity index (χ4n) is 3.53. The fraction of sp³-hybridized carbons (Fsp3) is 0.318. The van der Waals surface area contributed by atoms with Crippen LogP contribution in [-0.2, 0) is 17.8 Å². The molecule has 6 heteroatoms. The molecule has 0 fully saturated rings. The lowest BCUT2D eigenvalue weighted by molar-refractivity contribution is -0.116. The minimum atomic E-state index is -0.369. The number of nitrogens with zero attached hydrogens (tertiary/aromatic N) is 3. The number of amides is 1. The van der Waals surface area contributed by atoms with Gasteiger partial charge in [-0.05, 0) is 44.0 Å². The third kappa shape index (κ3) is 4.06. The molecule has 2 N–H and O–H groups in total. The fourth-order valence-corrected chi connectivity index (χ4v) is 3.53. The average Bonchev–Trinajstić information content (AvgIpc) is 2.97. The second-order valence-corrected chi connectivity index (χ2v) is 7.20. The van der Waals surface area contributed by atoms with Crippen LogP contribution in [0.25, 0.3) is 11.4 Å². The maximum absolute atomic E-state index is 12.5. The van der Waals surface area contributed by atoms with Crippen molar-refractivity contribution in [2.75, 3.05) is 10.6 Å². The molecule has 0 spiro atoms. The molecule has 1 amide bonds. The van der Waals surface area contributed by atoms with Crippen LogP contribution in [0.5, 0.6) is 0 Å². The van der Waals surface area contributed by atoms with Gasteiger partial charge in [0.1, 0.15) is 11.9 Å². The van der Waals surface area contributed by atoms with Gasteiger partial charge >= 0.3 is 0 Å². The van der Waals surface area contributed by atoms with E-state index in [4.69, 9.17) is 0 Å². The molecule has 0 aliphatic carbocycles. The first kappa shape index (κ1) is 18.2. The van der Waals surface area contributed by atoms with Crippen LogP contribution in [0, 0.1) is 0 Å². The van der Waals surface area contributed by atoms with Crippen molar-refractivity contribution in [3.63, 3.8) is 0 Å². The van der Waals surface area contributed by atoms with Crippen LogP contribution in [-0.4, -0.2) is 26.7 Å². The van der Waals surface area contributed by atoms with Gasteiger partial charge in [0, 0.05) is 29.9 Å². The van der Waals surface area contributed by atoms with Crippen LogP contribution in [0.3, 0.4) is 0 Å². The van der Waals surface area contributed by atoms with E-state index >= 15 is 0 Å². The second-order valence-electron chi connectivity index (χ2n) is 7.20. The zero-order chi connectivity index (χ0) is 19.3. The molecule has 0 saturated heterocycles. The lowest BCUT2D eigenvalue weighted by Gasteiger charge is -2.16. The SMILES string of the molecule is C[C@@H](Nc1cccc(-c2nnc3n2CCCCC3)c1)C(=O)Nc1ccccc1. The Morgan fingerprint density at radius 3 is 2.68 bits per heavy atom. The number of carbonyl (C=O) groups is 1. The van der Waals surface area contributed by atoms with E-state index in [0.29, 0.717) is 0 Å². The molecule has 4 rings (SSSR count). The van der Waals surface area contributed by atoms with Crippen molar-refractivity contribution in [1.29, 1.82) is 0 Å². The van der Waals surface area contributed by atoms with E-state index in [9.17, 15) is 4.79 Å². The van der Waals surface area contributed by atoms with Gasteiger partial charge in [0.05, 0.1) is 0 Å². The third-order valence-corrected chi connectivity index (χ3v) is 5.05. The van der Waals surface area contributed by atoms with E-state index in [0.717, 1.165) is 48.0 Å². The van der Waals surface area contributed by atoms with Gasteiger partial charge in [-0.3, -0.25) is 4.79 Å². The van der Waals surface area contributed by atoms with Crippen molar-refractivity contribution in [2.45, 2.75) is 45.2 Å². The molecule has 0 unspecified atom stereocenters. The number of nitrogens with one attached hydrogen (secondary N) is 2. The number of aryl methyl sites for hydroxylation is 1. The van der Waals surface area contributed by atoms with E-state index in [2.05, 4.69) is 25.4 Å². The molecule has 3 aromatic rings. The Bertz CT molecular complexity index is 951. The molecular weight excluding hydrogens is 350 g/mol. The number of benzene rings is 2. The predicted molar refractivity (Wildman–Crippen MR) is 111 cm³/mol. The van der Waals surface area contributed by atoms with Gasteiger partial charge in [0.2, 0.25) is 5.91 Å². The zero-order valence-corrected chi connectivity index (χ0v) is 16.1. The molecule has 1 atom stereocenters. The molecule has 2 aromatic carbocycles. The number of hydrogen-bond acceptors (Lipinski definition) is 4. The third-order valence-electron chi connectivity index (χ3n) is 5.05. The molecular formula is C22H25N5O. The Morgan fingerprint density at radius 1 is 1.00 bits per heavy atom. The summed E-state index contributed by atoms with van der Waals surface area (Å²) < 4.78 is 2.23. The van der Waals surface area contributed by atoms with Crippen molar-refractivity contribution in [3.05, 3.63) is 60.4 Å². The summed E-state index contributed by atoms with van der Waals surface area (Å²) in [5, 5.41) is 15.0. The van der Waals surface area contributed by atoms with Crippen LogP contribution in [0.15, 0.2) is 54.6 Å². The van der Waals surface area contributed by atoms with Crippen LogP contribution in [0.2, 0.25) is 0 Å². The van der Waals surface area contributed by atoms with Crippen molar-refractivity contribution < 1.29 is 4.79 Å². The van der Waals surface area contributed by atoms with E-state index in [1.54, 1.807) is 0 Å². The van der Waals surface area contributed by atoms with Crippen LogP contribution in [0.4, 0.5) is 11.4 Å². The smallest absolute Gasteiger partial charge is 0.246 e. The summed E-state index contributed by atoms with van der Waals surface area (Å²) in [6, 6.07) is 17.1. The standard InChI is InChI=1S/C22H25N5O/c1-16(22(28)24-18-10-4-2-5-11-18)23-19-12-8-9-17(15-19)21-26-25-20-13-6-3-7-14-27(20)21/h2,4-5,8-12,15-16,23H,3,6-7,13-14H2,1H3,(H,24,28)/t16-/m1/s1.